The number of carbonyl (C=O) groups excluding carboxylic acids is 1. The van der Waals surface area contributed by atoms with Crippen LogP contribution >= 0.6 is 0 Å². The molecule has 6 nitrogen and oxygen atoms in total. The molecule has 0 bridgehead atoms. The van der Waals surface area contributed by atoms with Crippen LogP contribution in [0.5, 0.6) is 0 Å². The molecule has 1 fully saturated rings. The van der Waals surface area contributed by atoms with E-state index >= 15 is 0 Å². The van der Waals surface area contributed by atoms with Crippen LogP contribution in [0.25, 0.3) is 11.8 Å². The normalized spacial score (nSPS) is 17.9. The van der Waals surface area contributed by atoms with Crippen molar-refractivity contribution >= 4 is 12.0 Å². The molecule has 156 valence electrons. The van der Waals surface area contributed by atoms with E-state index in [4.69, 9.17) is 4.74 Å². The summed E-state index contributed by atoms with van der Waals surface area (Å²) in [6.07, 6.45) is 3.48. The van der Waals surface area contributed by atoms with Crippen LogP contribution in [-0.2, 0) is 9.53 Å². The summed E-state index contributed by atoms with van der Waals surface area (Å²) in [7, 11) is 0. The molecule has 1 amide bonds. The van der Waals surface area contributed by atoms with Crippen LogP contribution in [0.3, 0.4) is 0 Å². The number of aromatic nitrogens is 2. The summed E-state index contributed by atoms with van der Waals surface area (Å²) in [5.74, 6) is 0.524. The van der Waals surface area contributed by atoms with E-state index in [0.717, 1.165) is 48.9 Å². The number of morpholine rings is 1. The summed E-state index contributed by atoms with van der Waals surface area (Å²) in [5.41, 5.74) is 3.90. The summed E-state index contributed by atoms with van der Waals surface area (Å²) in [4.78, 5) is 14.7. The number of amides is 1. The van der Waals surface area contributed by atoms with Gasteiger partial charge in [-0.2, -0.15) is 5.10 Å². The lowest BCUT2D eigenvalue weighted by molar-refractivity contribution is -0.117. The standard InChI is InChI=1S/C23H32N4O2/c1-17(2)15-26-12-13-29-21(16-26)14-24-23(28)11-10-22-18(3)25-27(19(22)4)20-8-6-5-7-9-20/h5-11,17,21H,12-16H2,1-4H3,(H,24,28)/b11-10+. The van der Waals surface area contributed by atoms with Gasteiger partial charge in [-0.25, -0.2) is 4.68 Å². The lowest BCUT2D eigenvalue weighted by atomic mass is 10.1. The fraction of sp³-hybridized carbons (Fsp3) is 0.478. The first-order valence-corrected chi connectivity index (χ1v) is 10.4. The Labute approximate surface area is 173 Å². The van der Waals surface area contributed by atoms with Gasteiger partial charge in [-0.05, 0) is 38.0 Å². The Morgan fingerprint density at radius 2 is 2.07 bits per heavy atom. The first-order chi connectivity index (χ1) is 13.9. The molecular weight excluding hydrogens is 364 g/mol. The molecule has 3 rings (SSSR count). The van der Waals surface area contributed by atoms with Crippen LogP contribution in [0.2, 0.25) is 0 Å². The topological polar surface area (TPSA) is 59.4 Å². The summed E-state index contributed by atoms with van der Waals surface area (Å²) in [5, 5.41) is 7.59. The first-order valence-electron chi connectivity index (χ1n) is 10.4. The van der Waals surface area contributed by atoms with Crippen molar-refractivity contribution in [1.82, 2.24) is 20.0 Å². The molecule has 29 heavy (non-hydrogen) atoms. The molecule has 0 saturated carbocycles. The SMILES string of the molecule is Cc1nn(-c2ccccc2)c(C)c1/C=C/C(=O)NCC1CN(CC(C)C)CCO1. The van der Waals surface area contributed by atoms with Crippen LogP contribution in [-0.4, -0.2) is 59.5 Å². The Hall–Kier alpha value is -2.44. The van der Waals surface area contributed by atoms with E-state index in [1.165, 1.54) is 0 Å². The molecule has 1 aliphatic rings. The molecule has 1 saturated heterocycles. The van der Waals surface area contributed by atoms with Gasteiger partial charge in [-0.1, -0.05) is 32.0 Å². The highest BCUT2D eigenvalue weighted by Crippen LogP contribution is 2.19. The fourth-order valence-corrected chi connectivity index (χ4v) is 3.74. The third-order valence-electron chi connectivity index (χ3n) is 5.10. The molecule has 2 heterocycles. The van der Waals surface area contributed by atoms with Gasteiger partial charge >= 0.3 is 0 Å². The van der Waals surface area contributed by atoms with Crippen molar-refractivity contribution in [3.63, 3.8) is 0 Å². The molecule has 1 atom stereocenters. The van der Waals surface area contributed by atoms with Crippen molar-refractivity contribution in [3.05, 3.63) is 53.4 Å². The monoisotopic (exact) mass is 396 g/mol. The Morgan fingerprint density at radius 3 is 2.79 bits per heavy atom. The number of hydrogen-bond donors (Lipinski definition) is 1. The van der Waals surface area contributed by atoms with Crippen molar-refractivity contribution in [3.8, 4) is 5.69 Å². The molecule has 0 radical (unpaired) electrons. The van der Waals surface area contributed by atoms with E-state index in [0.29, 0.717) is 12.5 Å². The average Bonchev–Trinajstić information content (AvgIpc) is 2.99. The van der Waals surface area contributed by atoms with E-state index in [2.05, 4.69) is 29.2 Å². The molecule has 1 aromatic heterocycles. The summed E-state index contributed by atoms with van der Waals surface area (Å²) in [6.45, 7) is 12.6. The van der Waals surface area contributed by atoms with Gasteiger partial charge < -0.3 is 10.1 Å². The summed E-state index contributed by atoms with van der Waals surface area (Å²) in [6, 6.07) is 10.0. The molecule has 0 spiro atoms. The maximum atomic E-state index is 12.3. The number of ether oxygens (including phenoxy) is 1. The zero-order chi connectivity index (χ0) is 20.8. The predicted octanol–water partition coefficient (Wildman–Crippen LogP) is 2.98. The maximum Gasteiger partial charge on any atom is 0.244 e. The highest BCUT2D eigenvalue weighted by atomic mass is 16.5. The van der Waals surface area contributed by atoms with E-state index in [9.17, 15) is 4.79 Å². The number of hydrogen-bond acceptors (Lipinski definition) is 4. The van der Waals surface area contributed by atoms with Crippen LogP contribution in [0, 0.1) is 19.8 Å². The van der Waals surface area contributed by atoms with Gasteiger partial charge in [0.2, 0.25) is 5.91 Å². The van der Waals surface area contributed by atoms with Crippen molar-refractivity contribution < 1.29 is 9.53 Å². The average molecular weight is 397 g/mol. The predicted molar refractivity (Wildman–Crippen MR) is 116 cm³/mol. The number of aryl methyl sites for hydroxylation is 1. The van der Waals surface area contributed by atoms with Gasteiger partial charge in [0.1, 0.15) is 0 Å². The van der Waals surface area contributed by atoms with E-state index in [1.54, 1.807) is 6.08 Å². The fourth-order valence-electron chi connectivity index (χ4n) is 3.74. The Morgan fingerprint density at radius 1 is 1.31 bits per heavy atom. The molecule has 1 unspecified atom stereocenters. The van der Waals surface area contributed by atoms with Gasteiger partial charge in [0, 0.05) is 43.5 Å². The zero-order valence-electron chi connectivity index (χ0n) is 17.9. The largest absolute Gasteiger partial charge is 0.374 e. The molecule has 0 aliphatic carbocycles. The van der Waals surface area contributed by atoms with Crippen molar-refractivity contribution in [2.24, 2.45) is 5.92 Å². The van der Waals surface area contributed by atoms with Gasteiger partial charge in [-0.15, -0.1) is 0 Å². The molecular formula is C23H32N4O2. The minimum atomic E-state index is -0.110. The van der Waals surface area contributed by atoms with Crippen LogP contribution in [0.15, 0.2) is 36.4 Å². The summed E-state index contributed by atoms with van der Waals surface area (Å²) < 4.78 is 7.71. The van der Waals surface area contributed by atoms with Crippen molar-refractivity contribution in [2.75, 3.05) is 32.8 Å². The van der Waals surface area contributed by atoms with Crippen LogP contribution in [0.4, 0.5) is 0 Å². The number of nitrogens with zero attached hydrogens (tertiary/aromatic N) is 3. The Balaban J connectivity index is 1.56. The molecule has 1 aromatic carbocycles. The van der Waals surface area contributed by atoms with Crippen LogP contribution < -0.4 is 5.32 Å². The number of para-hydroxylation sites is 1. The second-order valence-corrected chi connectivity index (χ2v) is 8.06. The third kappa shape index (κ3) is 5.78. The van der Waals surface area contributed by atoms with E-state index < -0.39 is 0 Å². The Bertz CT molecular complexity index is 842. The smallest absolute Gasteiger partial charge is 0.244 e. The number of nitrogens with one attached hydrogen (secondary N) is 1. The lowest BCUT2D eigenvalue weighted by Crippen LogP contribution is -2.48. The van der Waals surface area contributed by atoms with Crippen molar-refractivity contribution in [1.29, 1.82) is 0 Å². The second-order valence-electron chi connectivity index (χ2n) is 8.06. The number of carbonyl (C=O) groups is 1. The maximum absolute atomic E-state index is 12.3. The highest BCUT2D eigenvalue weighted by molar-refractivity contribution is 5.92. The number of rotatable bonds is 7. The van der Waals surface area contributed by atoms with Crippen molar-refractivity contribution in [2.45, 2.75) is 33.8 Å². The first kappa shape index (κ1) is 21.3. The van der Waals surface area contributed by atoms with Gasteiger partial charge in [-0.3, -0.25) is 9.69 Å². The zero-order valence-corrected chi connectivity index (χ0v) is 17.9. The van der Waals surface area contributed by atoms with Gasteiger partial charge in [0.15, 0.2) is 0 Å². The highest BCUT2D eigenvalue weighted by Gasteiger charge is 2.21. The van der Waals surface area contributed by atoms with E-state index in [1.807, 2.05) is 54.9 Å². The van der Waals surface area contributed by atoms with Gasteiger partial charge in [0.05, 0.1) is 24.1 Å². The molecule has 1 aliphatic heterocycles. The summed E-state index contributed by atoms with van der Waals surface area (Å²) >= 11 is 0. The number of benzene rings is 1. The second kappa shape index (κ2) is 9.85. The minimum absolute atomic E-state index is 0.0455. The minimum Gasteiger partial charge on any atom is -0.374 e. The third-order valence-corrected chi connectivity index (χ3v) is 5.10. The molecule has 6 heteroatoms. The molecule has 1 N–H and O–H groups in total. The van der Waals surface area contributed by atoms with E-state index in [-0.39, 0.29) is 12.0 Å². The van der Waals surface area contributed by atoms with Crippen LogP contribution in [0.1, 0.15) is 30.8 Å². The Kier molecular flexibility index (Phi) is 7.23. The quantitative estimate of drug-likeness (QED) is 0.731. The van der Waals surface area contributed by atoms with Gasteiger partial charge in [0.25, 0.3) is 0 Å². The molecule has 2 aromatic rings. The lowest BCUT2D eigenvalue weighted by Gasteiger charge is -2.33.